The van der Waals surface area contributed by atoms with E-state index in [1.165, 1.54) is 18.2 Å². The van der Waals surface area contributed by atoms with Crippen LogP contribution >= 0.6 is 0 Å². The highest BCUT2D eigenvalue weighted by molar-refractivity contribution is 6.06. The molecule has 1 fully saturated rings. The molecule has 1 aliphatic rings. The number of carbonyl (C=O) groups excluding carboxylic acids is 2. The number of rotatable bonds is 6. The smallest absolute Gasteiger partial charge is 0.293 e. The summed E-state index contributed by atoms with van der Waals surface area (Å²) in [7, 11) is 0. The summed E-state index contributed by atoms with van der Waals surface area (Å²) in [6.07, 6.45) is 3.05. The van der Waals surface area contributed by atoms with Crippen molar-refractivity contribution in [3.8, 4) is 0 Å². The van der Waals surface area contributed by atoms with Crippen molar-refractivity contribution in [1.82, 2.24) is 4.90 Å². The number of fused-ring (bicyclic) bond motifs is 1. The van der Waals surface area contributed by atoms with Crippen LogP contribution in [0.5, 0.6) is 0 Å². The first-order valence-corrected chi connectivity index (χ1v) is 11.1. The highest BCUT2D eigenvalue weighted by Gasteiger charge is 2.25. The first-order valence-electron chi connectivity index (χ1n) is 11.1. The fraction of sp³-hybridized carbons (Fsp3) is 0.280. The van der Waals surface area contributed by atoms with Crippen LogP contribution < -0.4 is 10.6 Å². The first kappa shape index (κ1) is 22.3. The molecule has 3 aromatic carbocycles. The van der Waals surface area contributed by atoms with Crippen LogP contribution in [0, 0.1) is 10.1 Å². The number of nitrogens with zero attached hydrogens (tertiary/aromatic N) is 2. The van der Waals surface area contributed by atoms with Crippen molar-refractivity contribution in [2.75, 3.05) is 23.7 Å². The molecular weight excluding hydrogens is 420 g/mol. The van der Waals surface area contributed by atoms with E-state index in [1.807, 2.05) is 36.4 Å². The Bertz CT molecular complexity index is 1200. The Hall–Kier alpha value is -3.94. The summed E-state index contributed by atoms with van der Waals surface area (Å²) in [4.78, 5) is 38.4. The lowest BCUT2D eigenvalue weighted by Crippen LogP contribution is -2.43. The molecule has 2 amide bonds. The van der Waals surface area contributed by atoms with E-state index in [2.05, 4.69) is 10.6 Å². The molecule has 0 aliphatic carbocycles. The van der Waals surface area contributed by atoms with Crippen LogP contribution in [0.4, 0.5) is 17.1 Å². The summed E-state index contributed by atoms with van der Waals surface area (Å²) in [6, 6.07) is 16.9. The van der Waals surface area contributed by atoms with Gasteiger partial charge in [0.1, 0.15) is 11.7 Å². The maximum Gasteiger partial charge on any atom is 0.293 e. The molecule has 8 nitrogen and oxygen atoms in total. The fourth-order valence-electron chi connectivity index (χ4n) is 4.10. The number of anilines is 2. The number of nitrogens with one attached hydrogen (secondary N) is 2. The SMILES string of the molecule is CC(Nc1ccc(C(=O)Nc2ccc3ccccc3c2)cc1[N+](=O)[O-])C(=O)N1CCCCC1. The van der Waals surface area contributed by atoms with Gasteiger partial charge in [-0.15, -0.1) is 0 Å². The molecule has 1 heterocycles. The Kier molecular flexibility index (Phi) is 6.53. The highest BCUT2D eigenvalue weighted by atomic mass is 16.6. The maximum absolute atomic E-state index is 12.8. The van der Waals surface area contributed by atoms with Gasteiger partial charge in [0, 0.05) is 30.4 Å². The Morgan fingerprint density at radius 3 is 2.42 bits per heavy atom. The molecule has 33 heavy (non-hydrogen) atoms. The Morgan fingerprint density at radius 2 is 1.70 bits per heavy atom. The van der Waals surface area contributed by atoms with Gasteiger partial charge in [-0.2, -0.15) is 0 Å². The second-order valence-electron chi connectivity index (χ2n) is 8.26. The van der Waals surface area contributed by atoms with Crippen LogP contribution in [0.25, 0.3) is 10.8 Å². The molecule has 1 atom stereocenters. The van der Waals surface area contributed by atoms with Gasteiger partial charge in [0.2, 0.25) is 5.91 Å². The molecule has 4 rings (SSSR count). The second-order valence-corrected chi connectivity index (χ2v) is 8.26. The minimum absolute atomic E-state index is 0.0814. The van der Waals surface area contributed by atoms with E-state index in [0.717, 1.165) is 30.0 Å². The number of nitro benzene ring substituents is 1. The number of carbonyl (C=O) groups is 2. The average Bonchev–Trinajstić information content (AvgIpc) is 2.84. The Balaban J connectivity index is 1.50. The van der Waals surface area contributed by atoms with Crippen molar-refractivity contribution in [3.63, 3.8) is 0 Å². The number of hydrogen-bond donors (Lipinski definition) is 2. The average molecular weight is 447 g/mol. The van der Waals surface area contributed by atoms with Crippen molar-refractivity contribution >= 4 is 39.6 Å². The molecule has 0 bridgehead atoms. The molecule has 0 spiro atoms. The highest BCUT2D eigenvalue weighted by Crippen LogP contribution is 2.27. The zero-order chi connectivity index (χ0) is 23.4. The zero-order valence-corrected chi connectivity index (χ0v) is 18.4. The normalized spacial score (nSPS) is 14.5. The van der Waals surface area contributed by atoms with Crippen LogP contribution in [0.3, 0.4) is 0 Å². The number of hydrogen-bond acceptors (Lipinski definition) is 5. The van der Waals surface area contributed by atoms with Gasteiger partial charge >= 0.3 is 0 Å². The molecule has 170 valence electrons. The summed E-state index contributed by atoms with van der Waals surface area (Å²) < 4.78 is 0. The van der Waals surface area contributed by atoms with Crippen LogP contribution in [0.1, 0.15) is 36.5 Å². The van der Waals surface area contributed by atoms with Crippen molar-refractivity contribution in [2.24, 2.45) is 0 Å². The molecule has 0 radical (unpaired) electrons. The zero-order valence-electron chi connectivity index (χ0n) is 18.4. The summed E-state index contributed by atoms with van der Waals surface area (Å²) in [6.45, 7) is 3.11. The number of amides is 2. The quantitative estimate of drug-likeness (QED) is 0.418. The van der Waals surface area contributed by atoms with Gasteiger partial charge in [-0.25, -0.2) is 0 Å². The van der Waals surface area contributed by atoms with Crippen molar-refractivity contribution < 1.29 is 14.5 Å². The number of likely N-dealkylation sites (tertiary alicyclic amines) is 1. The molecule has 1 aliphatic heterocycles. The van der Waals surface area contributed by atoms with E-state index in [4.69, 9.17) is 0 Å². The van der Waals surface area contributed by atoms with Gasteiger partial charge in [-0.1, -0.05) is 30.3 Å². The third-order valence-corrected chi connectivity index (χ3v) is 5.87. The lowest BCUT2D eigenvalue weighted by molar-refractivity contribution is -0.384. The van der Waals surface area contributed by atoms with Crippen molar-refractivity contribution in [1.29, 1.82) is 0 Å². The number of nitro groups is 1. The molecule has 8 heteroatoms. The van der Waals surface area contributed by atoms with Crippen molar-refractivity contribution in [3.05, 3.63) is 76.3 Å². The summed E-state index contributed by atoms with van der Waals surface area (Å²) >= 11 is 0. The molecule has 0 saturated carbocycles. The third kappa shape index (κ3) is 5.11. The van der Waals surface area contributed by atoms with Crippen LogP contribution in [0.2, 0.25) is 0 Å². The van der Waals surface area contributed by atoms with Crippen LogP contribution in [-0.2, 0) is 4.79 Å². The van der Waals surface area contributed by atoms with E-state index in [1.54, 1.807) is 17.9 Å². The Morgan fingerprint density at radius 1 is 0.970 bits per heavy atom. The van der Waals surface area contributed by atoms with E-state index in [-0.39, 0.29) is 22.8 Å². The molecule has 0 aromatic heterocycles. The van der Waals surface area contributed by atoms with Gasteiger partial charge < -0.3 is 15.5 Å². The third-order valence-electron chi connectivity index (χ3n) is 5.87. The summed E-state index contributed by atoms with van der Waals surface area (Å²) in [5, 5.41) is 19.5. The summed E-state index contributed by atoms with van der Waals surface area (Å²) in [5.41, 5.74) is 0.722. The topological polar surface area (TPSA) is 105 Å². The molecule has 3 aromatic rings. The fourth-order valence-corrected chi connectivity index (χ4v) is 4.10. The minimum Gasteiger partial charge on any atom is -0.368 e. The van der Waals surface area contributed by atoms with Crippen molar-refractivity contribution in [2.45, 2.75) is 32.2 Å². The predicted molar refractivity (Wildman–Crippen MR) is 129 cm³/mol. The van der Waals surface area contributed by atoms with E-state index < -0.39 is 16.9 Å². The van der Waals surface area contributed by atoms with E-state index in [0.29, 0.717) is 18.8 Å². The van der Waals surface area contributed by atoms with E-state index >= 15 is 0 Å². The standard InChI is InChI=1S/C25H26N4O4/c1-17(25(31)28-13-5-2-6-14-28)26-22-12-10-20(16-23(22)29(32)33)24(30)27-21-11-9-18-7-3-4-8-19(18)15-21/h3-4,7-12,15-17,26H,2,5-6,13-14H2,1H3,(H,27,30). The molecule has 2 N–H and O–H groups in total. The predicted octanol–water partition coefficient (Wildman–Crippen LogP) is 4.81. The molecule has 1 unspecified atom stereocenters. The number of piperidine rings is 1. The lowest BCUT2D eigenvalue weighted by atomic mass is 10.1. The monoisotopic (exact) mass is 446 g/mol. The molecular formula is C25H26N4O4. The van der Waals surface area contributed by atoms with Gasteiger partial charge in [0.15, 0.2) is 0 Å². The van der Waals surface area contributed by atoms with Gasteiger partial charge in [-0.3, -0.25) is 19.7 Å². The largest absolute Gasteiger partial charge is 0.368 e. The van der Waals surface area contributed by atoms with E-state index in [9.17, 15) is 19.7 Å². The van der Waals surface area contributed by atoms with Gasteiger partial charge in [-0.05, 0) is 61.2 Å². The van der Waals surface area contributed by atoms with Crippen LogP contribution in [-0.4, -0.2) is 40.8 Å². The Labute approximate surface area is 191 Å². The maximum atomic E-state index is 12.8. The first-order chi connectivity index (χ1) is 15.9. The minimum atomic E-state index is -0.612. The number of benzene rings is 3. The van der Waals surface area contributed by atoms with Gasteiger partial charge in [0.05, 0.1) is 4.92 Å². The lowest BCUT2D eigenvalue weighted by Gasteiger charge is -2.29. The summed E-state index contributed by atoms with van der Waals surface area (Å²) in [5.74, 6) is -0.528. The molecule has 1 saturated heterocycles. The van der Waals surface area contributed by atoms with Crippen LogP contribution in [0.15, 0.2) is 60.7 Å². The van der Waals surface area contributed by atoms with Gasteiger partial charge in [0.25, 0.3) is 11.6 Å². The second kappa shape index (κ2) is 9.68.